The summed E-state index contributed by atoms with van der Waals surface area (Å²) in [6.07, 6.45) is 5.24. The number of amides is 1. The minimum Gasteiger partial charge on any atom is -0.335 e. The van der Waals surface area contributed by atoms with Gasteiger partial charge in [-0.2, -0.15) is 0 Å². The van der Waals surface area contributed by atoms with Gasteiger partial charge in [-0.25, -0.2) is 0 Å². The summed E-state index contributed by atoms with van der Waals surface area (Å²) in [7, 11) is 0. The smallest absolute Gasteiger partial charge is 0.223 e. The van der Waals surface area contributed by atoms with Crippen molar-refractivity contribution in [3.05, 3.63) is 22.4 Å². The third-order valence-electron chi connectivity index (χ3n) is 4.25. The molecule has 120 valence electrons. The first-order valence-electron chi connectivity index (χ1n) is 7.65. The van der Waals surface area contributed by atoms with Gasteiger partial charge in [-0.1, -0.05) is 18.9 Å². The van der Waals surface area contributed by atoms with Crippen LogP contribution < -0.4 is 5.73 Å². The number of nitrogens with zero attached hydrogens (tertiary/aromatic N) is 1. The third kappa shape index (κ3) is 5.28. The molecule has 0 aliphatic heterocycles. The van der Waals surface area contributed by atoms with Crippen molar-refractivity contribution in [3.63, 3.8) is 0 Å². The van der Waals surface area contributed by atoms with Crippen molar-refractivity contribution in [1.82, 2.24) is 4.90 Å². The van der Waals surface area contributed by atoms with E-state index in [-0.39, 0.29) is 30.4 Å². The number of carbonyl (C=O) groups is 1. The molecular formula is C16H27ClN2OS. The van der Waals surface area contributed by atoms with Crippen molar-refractivity contribution in [2.45, 2.75) is 64.6 Å². The topological polar surface area (TPSA) is 46.3 Å². The Hall–Kier alpha value is -0.580. The van der Waals surface area contributed by atoms with Gasteiger partial charge in [0.15, 0.2) is 0 Å². The molecule has 2 atom stereocenters. The van der Waals surface area contributed by atoms with Gasteiger partial charge >= 0.3 is 0 Å². The summed E-state index contributed by atoms with van der Waals surface area (Å²) >= 11 is 1.71. The van der Waals surface area contributed by atoms with Crippen LogP contribution in [0.5, 0.6) is 0 Å². The van der Waals surface area contributed by atoms with Crippen LogP contribution in [0.1, 0.15) is 50.8 Å². The van der Waals surface area contributed by atoms with Crippen molar-refractivity contribution in [2.75, 3.05) is 0 Å². The van der Waals surface area contributed by atoms with E-state index in [1.807, 2.05) is 11.0 Å². The van der Waals surface area contributed by atoms with Crippen LogP contribution in [-0.4, -0.2) is 22.9 Å². The summed E-state index contributed by atoms with van der Waals surface area (Å²) < 4.78 is 0. The van der Waals surface area contributed by atoms with Crippen LogP contribution >= 0.6 is 23.7 Å². The van der Waals surface area contributed by atoms with E-state index in [2.05, 4.69) is 25.3 Å². The zero-order valence-electron chi connectivity index (χ0n) is 13.0. The van der Waals surface area contributed by atoms with Crippen molar-refractivity contribution in [3.8, 4) is 0 Å². The first kappa shape index (κ1) is 18.5. The maximum atomic E-state index is 12.6. The quantitative estimate of drug-likeness (QED) is 0.892. The second-order valence-electron chi connectivity index (χ2n) is 6.11. The van der Waals surface area contributed by atoms with Crippen LogP contribution in [0.3, 0.4) is 0 Å². The van der Waals surface area contributed by atoms with Gasteiger partial charge in [0.1, 0.15) is 0 Å². The van der Waals surface area contributed by atoms with Crippen molar-refractivity contribution >= 4 is 29.7 Å². The molecule has 1 amide bonds. The molecule has 1 fully saturated rings. The molecule has 5 heteroatoms. The lowest BCUT2D eigenvalue weighted by atomic mass is 9.82. The van der Waals surface area contributed by atoms with E-state index in [4.69, 9.17) is 5.73 Å². The molecule has 1 heterocycles. The fraction of sp³-hybridized carbons (Fsp3) is 0.688. The molecule has 1 aromatic rings. The average molecular weight is 331 g/mol. The Morgan fingerprint density at radius 3 is 2.71 bits per heavy atom. The maximum Gasteiger partial charge on any atom is 0.223 e. The lowest BCUT2D eigenvalue weighted by molar-refractivity contribution is -0.135. The van der Waals surface area contributed by atoms with E-state index in [1.54, 1.807) is 11.3 Å². The van der Waals surface area contributed by atoms with Gasteiger partial charge in [0.2, 0.25) is 5.91 Å². The van der Waals surface area contributed by atoms with Crippen LogP contribution in [0.4, 0.5) is 0 Å². The summed E-state index contributed by atoms with van der Waals surface area (Å²) in [5.74, 6) is 0.636. The molecule has 1 aliphatic carbocycles. The first-order chi connectivity index (χ1) is 9.58. The molecule has 0 aromatic carbocycles. The molecule has 0 spiro atoms. The molecule has 1 aliphatic rings. The first-order valence-corrected chi connectivity index (χ1v) is 8.53. The second kappa shape index (κ2) is 8.76. The SMILES string of the molecule is CC(C)N(Cc1cccs1)C(=O)CC1CCCCC1N.Cl. The van der Waals surface area contributed by atoms with Gasteiger partial charge in [-0.15, -0.1) is 23.7 Å². The van der Waals surface area contributed by atoms with E-state index >= 15 is 0 Å². The van der Waals surface area contributed by atoms with Crippen LogP contribution in [0.25, 0.3) is 0 Å². The molecule has 0 saturated heterocycles. The molecule has 1 saturated carbocycles. The molecule has 2 unspecified atom stereocenters. The summed E-state index contributed by atoms with van der Waals surface area (Å²) in [5.41, 5.74) is 6.17. The fourth-order valence-electron chi connectivity index (χ4n) is 2.96. The minimum atomic E-state index is 0. The highest BCUT2D eigenvalue weighted by molar-refractivity contribution is 7.09. The molecular weight excluding hydrogens is 304 g/mol. The zero-order chi connectivity index (χ0) is 14.5. The van der Waals surface area contributed by atoms with Crippen LogP contribution in [0.15, 0.2) is 17.5 Å². The van der Waals surface area contributed by atoms with E-state index < -0.39 is 0 Å². The zero-order valence-corrected chi connectivity index (χ0v) is 14.6. The molecule has 3 nitrogen and oxygen atoms in total. The number of carbonyl (C=O) groups excluding carboxylic acids is 1. The second-order valence-corrected chi connectivity index (χ2v) is 7.14. The van der Waals surface area contributed by atoms with Gasteiger partial charge in [-0.05, 0) is 44.1 Å². The molecule has 0 radical (unpaired) electrons. The third-order valence-corrected chi connectivity index (χ3v) is 5.12. The van der Waals surface area contributed by atoms with Gasteiger partial charge in [-0.3, -0.25) is 4.79 Å². The number of nitrogens with two attached hydrogens (primary N) is 1. The Bertz CT molecular complexity index is 422. The van der Waals surface area contributed by atoms with Crippen molar-refractivity contribution in [2.24, 2.45) is 11.7 Å². The molecule has 21 heavy (non-hydrogen) atoms. The highest BCUT2D eigenvalue weighted by atomic mass is 35.5. The summed E-state index contributed by atoms with van der Waals surface area (Å²) in [6.45, 7) is 4.91. The molecule has 2 rings (SSSR count). The number of thiophene rings is 1. The summed E-state index contributed by atoms with van der Waals surface area (Å²) in [6, 6.07) is 4.59. The Morgan fingerprint density at radius 1 is 1.43 bits per heavy atom. The highest BCUT2D eigenvalue weighted by Gasteiger charge is 2.27. The van der Waals surface area contributed by atoms with Crippen LogP contribution in [-0.2, 0) is 11.3 Å². The summed E-state index contributed by atoms with van der Waals surface area (Å²) in [5, 5.41) is 2.06. The standard InChI is InChI=1S/C16H26N2OS.ClH/c1-12(2)18(11-14-7-5-9-20-14)16(19)10-13-6-3-4-8-15(13)17;/h5,7,9,12-13,15H,3-4,6,8,10-11,17H2,1-2H3;1H. The number of halogens is 1. The predicted octanol–water partition coefficient (Wildman–Crippen LogP) is 3.81. The van der Waals surface area contributed by atoms with Crippen molar-refractivity contribution < 1.29 is 4.79 Å². The Balaban J connectivity index is 0.00000220. The molecule has 0 bridgehead atoms. The number of hydrogen-bond acceptors (Lipinski definition) is 3. The maximum absolute atomic E-state index is 12.6. The van der Waals surface area contributed by atoms with Crippen molar-refractivity contribution in [1.29, 1.82) is 0 Å². The van der Waals surface area contributed by atoms with Gasteiger partial charge in [0, 0.05) is 23.4 Å². The fourth-order valence-corrected chi connectivity index (χ4v) is 3.66. The Morgan fingerprint density at radius 2 is 2.14 bits per heavy atom. The van der Waals surface area contributed by atoms with E-state index in [1.165, 1.54) is 17.7 Å². The monoisotopic (exact) mass is 330 g/mol. The van der Waals surface area contributed by atoms with Gasteiger partial charge in [0.25, 0.3) is 0 Å². The molecule has 2 N–H and O–H groups in total. The lowest BCUT2D eigenvalue weighted by Crippen LogP contribution is -2.41. The largest absolute Gasteiger partial charge is 0.335 e. The lowest BCUT2D eigenvalue weighted by Gasteiger charge is -2.32. The minimum absolute atomic E-state index is 0. The predicted molar refractivity (Wildman–Crippen MR) is 91.8 cm³/mol. The van der Waals surface area contributed by atoms with Gasteiger partial charge in [0.05, 0.1) is 6.54 Å². The normalized spacial score (nSPS) is 21.9. The van der Waals surface area contributed by atoms with Gasteiger partial charge < -0.3 is 10.6 Å². The summed E-state index contributed by atoms with van der Waals surface area (Å²) in [4.78, 5) is 15.8. The van der Waals surface area contributed by atoms with Crippen LogP contribution in [0.2, 0.25) is 0 Å². The van der Waals surface area contributed by atoms with E-state index in [0.717, 1.165) is 19.4 Å². The Kier molecular flexibility index (Phi) is 7.71. The average Bonchev–Trinajstić information content (AvgIpc) is 2.91. The number of rotatable bonds is 5. The number of hydrogen-bond donors (Lipinski definition) is 1. The van der Waals surface area contributed by atoms with E-state index in [9.17, 15) is 4.79 Å². The van der Waals surface area contributed by atoms with Crippen LogP contribution in [0, 0.1) is 5.92 Å². The van der Waals surface area contributed by atoms with E-state index in [0.29, 0.717) is 12.3 Å². The Labute approximate surface area is 138 Å². The highest BCUT2D eigenvalue weighted by Crippen LogP contribution is 2.27. The molecule has 1 aromatic heterocycles.